The SMILES string of the molecule is Cc1cc(C)cc(C(O)C2CCCC(C)C2)c1. The fraction of sp³-hybridized carbons (Fsp3) is 0.625. The number of hydrogen-bond acceptors (Lipinski definition) is 1. The van der Waals surface area contributed by atoms with Crippen LogP contribution in [0.4, 0.5) is 0 Å². The molecule has 1 aliphatic rings. The Balaban J connectivity index is 2.15. The Morgan fingerprint density at radius 2 is 1.76 bits per heavy atom. The van der Waals surface area contributed by atoms with Crippen LogP contribution in [-0.4, -0.2) is 5.11 Å². The van der Waals surface area contributed by atoms with Gasteiger partial charge in [-0.05, 0) is 44.1 Å². The topological polar surface area (TPSA) is 20.2 Å². The minimum Gasteiger partial charge on any atom is -0.388 e. The smallest absolute Gasteiger partial charge is 0.0818 e. The van der Waals surface area contributed by atoms with Crippen LogP contribution in [0.25, 0.3) is 0 Å². The molecule has 0 aliphatic heterocycles. The van der Waals surface area contributed by atoms with Crippen LogP contribution in [0.1, 0.15) is 55.4 Å². The second-order valence-corrected chi connectivity index (χ2v) is 5.90. The number of hydrogen-bond donors (Lipinski definition) is 1. The van der Waals surface area contributed by atoms with E-state index in [2.05, 4.69) is 39.0 Å². The number of aryl methyl sites for hydroxylation is 2. The van der Waals surface area contributed by atoms with Gasteiger partial charge in [0.25, 0.3) is 0 Å². The molecule has 0 spiro atoms. The summed E-state index contributed by atoms with van der Waals surface area (Å²) in [5.41, 5.74) is 3.62. The normalized spacial score (nSPS) is 26.8. The van der Waals surface area contributed by atoms with Crippen LogP contribution in [-0.2, 0) is 0 Å². The van der Waals surface area contributed by atoms with Crippen molar-refractivity contribution in [3.63, 3.8) is 0 Å². The lowest BCUT2D eigenvalue weighted by Crippen LogP contribution is -2.20. The molecule has 94 valence electrons. The molecule has 1 aromatic carbocycles. The van der Waals surface area contributed by atoms with Gasteiger partial charge in [-0.2, -0.15) is 0 Å². The molecule has 0 heterocycles. The molecular formula is C16H24O. The van der Waals surface area contributed by atoms with Crippen molar-refractivity contribution in [1.82, 2.24) is 0 Å². The Kier molecular flexibility index (Phi) is 3.88. The molecule has 3 unspecified atom stereocenters. The lowest BCUT2D eigenvalue weighted by atomic mass is 9.77. The summed E-state index contributed by atoms with van der Waals surface area (Å²) in [4.78, 5) is 0. The van der Waals surface area contributed by atoms with E-state index in [0.29, 0.717) is 5.92 Å². The van der Waals surface area contributed by atoms with E-state index in [1.54, 1.807) is 0 Å². The van der Waals surface area contributed by atoms with Crippen molar-refractivity contribution < 1.29 is 5.11 Å². The maximum absolute atomic E-state index is 10.5. The standard InChI is InChI=1S/C16H24O/c1-11-5-4-6-14(8-11)16(17)15-9-12(2)7-13(3)10-15/h7,9-11,14,16-17H,4-6,8H2,1-3H3. The van der Waals surface area contributed by atoms with E-state index in [9.17, 15) is 5.11 Å². The minimum absolute atomic E-state index is 0.267. The van der Waals surface area contributed by atoms with Crippen molar-refractivity contribution in [1.29, 1.82) is 0 Å². The molecule has 3 atom stereocenters. The highest BCUT2D eigenvalue weighted by Crippen LogP contribution is 2.37. The summed E-state index contributed by atoms with van der Waals surface area (Å²) >= 11 is 0. The third kappa shape index (κ3) is 3.10. The molecule has 17 heavy (non-hydrogen) atoms. The van der Waals surface area contributed by atoms with Gasteiger partial charge in [-0.1, -0.05) is 49.1 Å². The zero-order valence-corrected chi connectivity index (χ0v) is 11.2. The summed E-state index contributed by atoms with van der Waals surface area (Å²) in [6.07, 6.45) is 4.69. The highest BCUT2D eigenvalue weighted by molar-refractivity contribution is 5.30. The summed E-state index contributed by atoms with van der Waals surface area (Å²) in [6.45, 7) is 6.51. The minimum atomic E-state index is -0.267. The molecule has 1 aromatic rings. The van der Waals surface area contributed by atoms with Gasteiger partial charge in [-0.25, -0.2) is 0 Å². The number of rotatable bonds is 2. The van der Waals surface area contributed by atoms with Gasteiger partial charge in [0.15, 0.2) is 0 Å². The van der Waals surface area contributed by atoms with Crippen LogP contribution in [0, 0.1) is 25.7 Å². The van der Waals surface area contributed by atoms with Crippen LogP contribution in [0.15, 0.2) is 18.2 Å². The quantitative estimate of drug-likeness (QED) is 0.811. The molecule has 1 nitrogen and oxygen atoms in total. The third-order valence-electron chi connectivity index (χ3n) is 4.01. The maximum atomic E-state index is 10.5. The molecule has 0 radical (unpaired) electrons. The zero-order valence-electron chi connectivity index (χ0n) is 11.2. The Labute approximate surface area is 105 Å². The summed E-state index contributed by atoms with van der Waals surface area (Å²) in [6, 6.07) is 6.44. The zero-order chi connectivity index (χ0) is 12.4. The molecule has 0 aromatic heterocycles. The average molecular weight is 232 g/mol. The predicted octanol–water partition coefficient (Wildman–Crippen LogP) is 4.16. The van der Waals surface area contributed by atoms with Crippen LogP contribution >= 0.6 is 0 Å². The van der Waals surface area contributed by atoms with Gasteiger partial charge in [-0.3, -0.25) is 0 Å². The van der Waals surface area contributed by atoms with Crippen molar-refractivity contribution in [3.8, 4) is 0 Å². The van der Waals surface area contributed by atoms with Gasteiger partial charge in [-0.15, -0.1) is 0 Å². The molecule has 1 saturated carbocycles. The van der Waals surface area contributed by atoms with E-state index in [-0.39, 0.29) is 6.10 Å². The first kappa shape index (κ1) is 12.6. The van der Waals surface area contributed by atoms with E-state index in [4.69, 9.17) is 0 Å². The fourth-order valence-electron chi connectivity index (χ4n) is 3.22. The maximum Gasteiger partial charge on any atom is 0.0818 e. The lowest BCUT2D eigenvalue weighted by Gasteiger charge is -2.30. The Hall–Kier alpha value is -0.820. The first-order chi connectivity index (χ1) is 8.06. The van der Waals surface area contributed by atoms with Gasteiger partial charge >= 0.3 is 0 Å². The Morgan fingerprint density at radius 1 is 1.12 bits per heavy atom. The van der Waals surface area contributed by atoms with Gasteiger partial charge in [0.2, 0.25) is 0 Å². The average Bonchev–Trinajstić information content (AvgIpc) is 2.26. The first-order valence-electron chi connectivity index (χ1n) is 6.82. The Bertz CT molecular complexity index is 363. The van der Waals surface area contributed by atoms with Crippen LogP contribution in [0.2, 0.25) is 0 Å². The molecule has 1 fully saturated rings. The van der Waals surface area contributed by atoms with Crippen molar-refractivity contribution in [2.75, 3.05) is 0 Å². The third-order valence-corrected chi connectivity index (χ3v) is 4.01. The largest absolute Gasteiger partial charge is 0.388 e. The molecule has 0 amide bonds. The second-order valence-electron chi connectivity index (χ2n) is 5.90. The molecule has 1 aliphatic carbocycles. The van der Waals surface area contributed by atoms with Gasteiger partial charge < -0.3 is 5.11 Å². The molecular weight excluding hydrogens is 208 g/mol. The monoisotopic (exact) mass is 232 g/mol. The Morgan fingerprint density at radius 3 is 2.35 bits per heavy atom. The van der Waals surface area contributed by atoms with Crippen molar-refractivity contribution in [3.05, 3.63) is 34.9 Å². The van der Waals surface area contributed by atoms with Crippen LogP contribution in [0.3, 0.4) is 0 Å². The van der Waals surface area contributed by atoms with Crippen molar-refractivity contribution in [2.24, 2.45) is 11.8 Å². The summed E-state index contributed by atoms with van der Waals surface area (Å²) in [5, 5.41) is 10.5. The lowest BCUT2D eigenvalue weighted by molar-refractivity contribution is 0.0713. The van der Waals surface area contributed by atoms with Crippen molar-refractivity contribution in [2.45, 2.75) is 52.6 Å². The van der Waals surface area contributed by atoms with Gasteiger partial charge in [0.05, 0.1) is 6.10 Å². The number of aliphatic hydroxyl groups is 1. The summed E-state index contributed by atoms with van der Waals surface area (Å²) < 4.78 is 0. The highest BCUT2D eigenvalue weighted by Gasteiger charge is 2.26. The fourth-order valence-corrected chi connectivity index (χ4v) is 3.22. The van der Waals surface area contributed by atoms with Crippen molar-refractivity contribution >= 4 is 0 Å². The van der Waals surface area contributed by atoms with E-state index >= 15 is 0 Å². The van der Waals surface area contributed by atoms with Crippen LogP contribution < -0.4 is 0 Å². The molecule has 1 N–H and O–H groups in total. The predicted molar refractivity (Wildman–Crippen MR) is 72.0 cm³/mol. The van der Waals surface area contributed by atoms with E-state index in [1.165, 1.54) is 36.8 Å². The highest BCUT2D eigenvalue weighted by atomic mass is 16.3. The van der Waals surface area contributed by atoms with E-state index < -0.39 is 0 Å². The molecule has 0 saturated heterocycles. The van der Waals surface area contributed by atoms with Gasteiger partial charge in [0, 0.05) is 0 Å². The molecule has 1 heteroatoms. The number of benzene rings is 1. The van der Waals surface area contributed by atoms with Gasteiger partial charge in [0.1, 0.15) is 0 Å². The molecule has 0 bridgehead atoms. The summed E-state index contributed by atoms with van der Waals surface area (Å²) in [5.74, 6) is 1.23. The summed E-state index contributed by atoms with van der Waals surface area (Å²) in [7, 11) is 0. The number of aliphatic hydroxyl groups excluding tert-OH is 1. The van der Waals surface area contributed by atoms with E-state index in [0.717, 1.165) is 11.5 Å². The van der Waals surface area contributed by atoms with E-state index in [1.807, 2.05) is 0 Å². The molecule has 2 rings (SSSR count). The van der Waals surface area contributed by atoms with Crippen LogP contribution in [0.5, 0.6) is 0 Å². The second kappa shape index (κ2) is 5.22. The first-order valence-corrected chi connectivity index (χ1v) is 6.82.